The summed E-state index contributed by atoms with van der Waals surface area (Å²) in [6.45, 7) is 0. The van der Waals surface area contributed by atoms with E-state index < -0.39 is 28.4 Å². The van der Waals surface area contributed by atoms with E-state index in [4.69, 9.17) is 11.6 Å². The number of hydrogen-bond donors (Lipinski definition) is 0. The van der Waals surface area contributed by atoms with E-state index in [2.05, 4.69) is 0 Å². The van der Waals surface area contributed by atoms with Crippen LogP contribution in [-0.4, -0.2) is 5.24 Å². The van der Waals surface area contributed by atoms with Crippen LogP contribution >= 0.6 is 11.6 Å². The lowest BCUT2D eigenvalue weighted by Crippen LogP contribution is -2.08. The van der Waals surface area contributed by atoms with Gasteiger partial charge in [0.25, 0.3) is 5.24 Å². The van der Waals surface area contributed by atoms with E-state index in [0.29, 0.717) is 0 Å². The number of alkyl halides is 3. The molecule has 0 heterocycles. The minimum Gasteiger partial charge on any atom is -0.275 e. The molecule has 6 heteroatoms. The van der Waals surface area contributed by atoms with Gasteiger partial charge in [0.15, 0.2) is 0 Å². The Bertz CT molecular complexity index is 664. The van der Waals surface area contributed by atoms with Gasteiger partial charge in [0.05, 0.1) is 11.1 Å². The zero-order valence-corrected chi connectivity index (χ0v) is 10.6. The first-order chi connectivity index (χ1) is 9.32. The average molecular weight is 303 g/mol. The summed E-state index contributed by atoms with van der Waals surface area (Å²) in [5.74, 6) is -0.959. The highest BCUT2D eigenvalue weighted by molar-refractivity contribution is 6.68. The Morgan fingerprint density at radius 2 is 1.55 bits per heavy atom. The van der Waals surface area contributed by atoms with Crippen molar-refractivity contribution in [3.8, 4) is 11.1 Å². The molecule has 0 atom stereocenters. The maximum atomic E-state index is 13.6. The van der Waals surface area contributed by atoms with Crippen molar-refractivity contribution in [2.24, 2.45) is 0 Å². The lowest BCUT2D eigenvalue weighted by Gasteiger charge is -2.14. The van der Waals surface area contributed by atoms with Crippen LogP contribution in [0.4, 0.5) is 17.6 Å². The van der Waals surface area contributed by atoms with Crippen molar-refractivity contribution in [1.82, 2.24) is 0 Å². The third kappa shape index (κ3) is 2.67. The third-order valence-electron chi connectivity index (χ3n) is 2.73. The first-order valence-corrected chi connectivity index (χ1v) is 5.85. The Hall–Kier alpha value is -1.88. The van der Waals surface area contributed by atoms with E-state index >= 15 is 0 Å². The summed E-state index contributed by atoms with van der Waals surface area (Å²) >= 11 is 5.27. The van der Waals surface area contributed by atoms with Crippen molar-refractivity contribution in [1.29, 1.82) is 0 Å². The molecule has 2 rings (SSSR count). The minimum atomic E-state index is -4.62. The molecular weight excluding hydrogens is 296 g/mol. The standard InChI is InChI=1S/C14H7ClF4O/c15-13(20)12-9(5-3-7-11(12)16)8-4-1-2-6-10(8)14(17,18)19/h1-7H. The van der Waals surface area contributed by atoms with Crippen molar-refractivity contribution in [2.45, 2.75) is 6.18 Å². The van der Waals surface area contributed by atoms with Gasteiger partial charge >= 0.3 is 6.18 Å². The predicted molar refractivity (Wildman–Crippen MR) is 67.0 cm³/mol. The molecule has 0 aliphatic heterocycles. The summed E-state index contributed by atoms with van der Waals surface area (Å²) in [6, 6.07) is 8.04. The molecule has 1 nitrogen and oxygen atoms in total. The lowest BCUT2D eigenvalue weighted by atomic mass is 9.95. The number of carbonyl (C=O) groups excluding carboxylic acids is 1. The van der Waals surface area contributed by atoms with E-state index in [0.717, 1.165) is 12.1 Å². The number of hydrogen-bond acceptors (Lipinski definition) is 1. The van der Waals surface area contributed by atoms with Gasteiger partial charge in [0.2, 0.25) is 0 Å². The normalized spacial score (nSPS) is 11.4. The van der Waals surface area contributed by atoms with Crippen LogP contribution in [0, 0.1) is 5.82 Å². The molecule has 0 aliphatic carbocycles. The summed E-state index contributed by atoms with van der Waals surface area (Å²) in [5, 5.41) is -1.14. The van der Waals surface area contributed by atoms with E-state index in [1.165, 1.54) is 30.3 Å². The van der Waals surface area contributed by atoms with Crippen LogP contribution < -0.4 is 0 Å². The van der Waals surface area contributed by atoms with Crippen LogP contribution in [-0.2, 0) is 6.18 Å². The first-order valence-electron chi connectivity index (χ1n) is 5.47. The second-order valence-electron chi connectivity index (χ2n) is 3.98. The smallest absolute Gasteiger partial charge is 0.275 e. The van der Waals surface area contributed by atoms with Crippen molar-refractivity contribution in [2.75, 3.05) is 0 Å². The van der Waals surface area contributed by atoms with Gasteiger partial charge in [-0.1, -0.05) is 30.3 Å². The fourth-order valence-electron chi connectivity index (χ4n) is 1.91. The summed E-state index contributed by atoms with van der Waals surface area (Å²) in [7, 11) is 0. The molecule has 2 aromatic rings. The summed E-state index contributed by atoms with van der Waals surface area (Å²) < 4.78 is 52.5. The molecule has 0 bridgehead atoms. The van der Waals surface area contributed by atoms with Crippen molar-refractivity contribution in [3.05, 3.63) is 59.4 Å². The topological polar surface area (TPSA) is 17.1 Å². The fraction of sp³-hybridized carbons (Fsp3) is 0.0714. The summed E-state index contributed by atoms with van der Waals surface area (Å²) in [4.78, 5) is 11.3. The van der Waals surface area contributed by atoms with Gasteiger partial charge in [0, 0.05) is 0 Å². The second-order valence-corrected chi connectivity index (χ2v) is 4.32. The van der Waals surface area contributed by atoms with Crippen LogP contribution in [0.3, 0.4) is 0 Å². The van der Waals surface area contributed by atoms with Gasteiger partial charge in [-0.25, -0.2) is 4.39 Å². The number of benzene rings is 2. The highest BCUT2D eigenvalue weighted by atomic mass is 35.5. The molecule has 0 aliphatic rings. The van der Waals surface area contributed by atoms with Crippen molar-refractivity contribution in [3.63, 3.8) is 0 Å². The third-order valence-corrected chi connectivity index (χ3v) is 2.92. The van der Waals surface area contributed by atoms with Crippen LogP contribution in [0.25, 0.3) is 11.1 Å². The van der Waals surface area contributed by atoms with Crippen LogP contribution in [0.1, 0.15) is 15.9 Å². The maximum Gasteiger partial charge on any atom is 0.417 e. The van der Waals surface area contributed by atoms with Crippen molar-refractivity contribution >= 4 is 16.8 Å². The molecule has 2 aromatic carbocycles. The largest absolute Gasteiger partial charge is 0.417 e. The van der Waals surface area contributed by atoms with Gasteiger partial charge in [-0.2, -0.15) is 13.2 Å². The highest BCUT2D eigenvalue weighted by Gasteiger charge is 2.34. The highest BCUT2D eigenvalue weighted by Crippen LogP contribution is 2.38. The number of halogens is 5. The molecular formula is C14H7ClF4O. The number of rotatable bonds is 2. The van der Waals surface area contributed by atoms with Gasteiger partial charge < -0.3 is 0 Å². The van der Waals surface area contributed by atoms with Gasteiger partial charge in [-0.15, -0.1) is 0 Å². The van der Waals surface area contributed by atoms with Gasteiger partial charge in [-0.05, 0) is 34.9 Å². The molecule has 0 aromatic heterocycles. The molecule has 0 fully saturated rings. The van der Waals surface area contributed by atoms with Crippen molar-refractivity contribution < 1.29 is 22.4 Å². The van der Waals surface area contributed by atoms with Crippen LogP contribution in [0.2, 0.25) is 0 Å². The zero-order valence-electron chi connectivity index (χ0n) is 9.84. The first kappa shape index (κ1) is 14.5. The van der Waals surface area contributed by atoms with E-state index in [1.807, 2.05) is 0 Å². The molecule has 0 saturated heterocycles. The Morgan fingerprint density at radius 3 is 2.15 bits per heavy atom. The molecule has 0 amide bonds. The quantitative estimate of drug-likeness (QED) is 0.570. The molecule has 0 radical (unpaired) electrons. The fourth-order valence-corrected chi connectivity index (χ4v) is 2.11. The second kappa shape index (κ2) is 5.25. The molecule has 104 valence electrons. The molecule has 0 N–H and O–H groups in total. The van der Waals surface area contributed by atoms with E-state index in [-0.39, 0.29) is 11.1 Å². The molecule has 0 saturated carbocycles. The Kier molecular flexibility index (Phi) is 3.81. The van der Waals surface area contributed by atoms with Crippen LogP contribution in [0.5, 0.6) is 0 Å². The monoisotopic (exact) mass is 302 g/mol. The SMILES string of the molecule is O=C(Cl)c1c(F)cccc1-c1ccccc1C(F)(F)F. The minimum absolute atomic E-state index is 0.182. The Morgan fingerprint density at radius 1 is 0.950 bits per heavy atom. The molecule has 0 spiro atoms. The molecule has 20 heavy (non-hydrogen) atoms. The average Bonchev–Trinajstić information content (AvgIpc) is 2.37. The van der Waals surface area contributed by atoms with Crippen LogP contribution in [0.15, 0.2) is 42.5 Å². The number of carbonyl (C=O) groups is 1. The van der Waals surface area contributed by atoms with E-state index in [9.17, 15) is 22.4 Å². The lowest BCUT2D eigenvalue weighted by molar-refractivity contribution is -0.137. The van der Waals surface area contributed by atoms with E-state index in [1.54, 1.807) is 0 Å². The summed E-state index contributed by atoms with van der Waals surface area (Å²) in [5.41, 5.74) is -1.99. The predicted octanol–water partition coefficient (Wildman–Crippen LogP) is 4.89. The zero-order chi connectivity index (χ0) is 14.9. The molecule has 0 unspecified atom stereocenters. The maximum absolute atomic E-state index is 13.6. The van der Waals surface area contributed by atoms with Gasteiger partial charge in [0.1, 0.15) is 5.82 Å². The summed E-state index contributed by atoms with van der Waals surface area (Å²) in [6.07, 6.45) is -4.62. The Labute approximate surface area is 116 Å². The van der Waals surface area contributed by atoms with Gasteiger partial charge in [-0.3, -0.25) is 4.79 Å². The Balaban J connectivity index is 2.77.